The summed E-state index contributed by atoms with van der Waals surface area (Å²) >= 11 is 0. The van der Waals surface area contributed by atoms with Gasteiger partial charge in [-0.15, -0.1) is 0 Å². The zero-order valence-corrected chi connectivity index (χ0v) is 8.82. The normalized spacial score (nSPS) is 20.1. The lowest BCUT2D eigenvalue weighted by molar-refractivity contribution is 0.517. The fourth-order valence-electron chi connectivity index (χ4n) is 2.22. The third-order valence-electron chi connectivity index (χ3n) is 2.93. The van der Waals surface area contributed by atoms with E-state index in [0.717, 1.165) is 12.1 Å². The van der Waals surface area contributed by atoms with E-state index in [-0.39, 0.29) is 6.04 Å². The van der Waals surface area contributed by atoms with Crippen LogP contribution in [0.3, 0.4) is 0 Å². The zero-order valence-electron chi connectivity index (χ0n) is 8.82. The van der Waals surface area contributed by atoms with Crippen molar-refractivity contribution in [3.05, 3.63) is 18.2 Å². The smallest absolute Gasteiger partial charge is 0.0951 e. The predicted octanol–water partition coefficient (Wildman–Crippen LogP) is 1.89. The SMILES string of the molecule is CC(N)Cc1cn(C2CCCC2)cn1. The molecule has 1 heterocycles. The van der Waals surface area contributed by atoms with Crippen molar-refractivity contribution in [2.75, 3.05) is 0 Å². The highest BCUT2D eigenvalue weighted by molar-refractivity contribution is 5.00. The number of aromatic nitrogens is 2. The fourth-order valence-corrected chi connectivity index (χ4v) is 2.22. The average Bonchev–Trinajstić information content (AvgIpc) is 2.69. The zero-order chi connectivity index (χ0) is 9.97. The third-order valence-corrected chi connectivity index (χ3v) is 2.93. The number of rotatable bonds is 3. The van der Waals surface area contributed by atoms with E-state index in [4.69, 9.17) is 5.73 Å². The lowest BCUT2D eigenvalue weighted by atomic mass is 10.2. The van der Waals surface area contributed by atoms with Gasteiger partial charge in [-0.3, -0.25) is 0 Å². The van der Waals surface area contributed by atoms with Gasteiger partial charge in [0.05, 0.1) is 12.0 Å². The molecule has 1 unspecified atom stereocenters. The van der Waals surface area contributed by atoms with Gasteiger partial charge in [-0.25, -0.2) is 4.98 Å². The van der Waals surface area contributed by atoms with Gasteiger partial charge in [0, 0.05) is 24.7 Å². The Morgan fingerprint density at radius 3 is 2.93 bits per heavy atom. The molecule has 0 saturated heterocycles. The molecule has 0 aliphatic heterocycles. The minimum atomic E-state index is 0.210. The van der Waals surface area contributed by atoms with Crippen molar-refractivity contribution < 1.29 is 0 Å². The van der Waals surface area contributed by atoms with Gasteiger partial charge in [-0.2, -0.15) is 0 Å². The van der Waals surface area contributed by atoms with E-state index >= 15 is 0 Å². The first-order chi connectivity index (χ1) is 6.75. The van der Waals surface area contributed by atoms with E-state index in [9.17, 15) is 0 Å². The molecule has 0 bridgehead atoms. The molecule has 3 nitrogen and oxygen atoms in total. The Kier molecular flexibility index (Phi) is 2.87. The van der Waals surface area contributed by atoms with Crippen molar-refractivity contribution >= 4 is 0 Å². The minimum absolute atomic E-state index is 0.210. The van der Waals surface area contributed by atoms with Gasteiger partial charge in [0.2, 0.25) is 0 Å². The van der Waals surface area contributed by atoms with Crippen LogP contribution >= 0.6 is 0 Å². The molecule has 0 aromatic carbocycles. The number of imidazole rings is 1. The first-order valence-electron chi connectivity index (χ1n) is 5.53. The quantitative estimate of drug-likeness (QED) is 0.796. The van der Waals surface area contributed by atoms with E-state index in [1.165, 1.54) is 25.7 Å². The van der Waals surface area contributed by atoms with Gasteiger partial charge >= 0.3 is 0 Å². The van der Waals surface area contributed by atoms with E-state index < -0.39 is 0 Å². The lowest BCUT2D eigenvalue weighted by Crippen LogP contribution is -2.17. The molecule has 1 aliphatic rings. The topological polar surface area (TPSA) is 43.8 Å². The van der Waals surface area contributed by atoms with Crippen LogP contribution in [-0.2, 0) is 6.42 Å². The van der Waals surface area contributed by atoms with Gasteiger partial charge in [0.1, 0.15) is 0 Å². The van der Waals surface area contributed by atoms with Crippen LogP contribution < -0.4 is 5.73 Å². The molecule has 1 atom stereocenters. The second-order valence-electron chi connectivity index (χ2n) is 4.43. The van der Waals surface area contributed by atoms with Gasteiger partial charge in [-0.1, -0.05) is 12.8 Å². The molecule has 14 heavy (non-hydrogen) atoms. The molecule has 0 amide bonds. The first-order valence-corrected chi connectivity index (χ1v) is 5.53. The Labute approximate surface area is 85.3 Å². The van der Waals surface area contributed by atoms with Crippen molar-refractivity contribution in [1.82, 2.24) is 9.55 Å². The number of hydrogen-bond acceptors (Lipinski definition) is 2. The Balaban J connectivity index is 2.01. The molecule has 3 heteroatoms. The monoisotopic (exact) mass is 193 g/mol. The van der Waals surface area contributed by atoms with Crippen LogP contribution in [0.15, 0.2) is 12.5 Å². The average molecular weight is 193 g/mol. The summed E-state index contributed by atoms with van der Waals surface area (Å²) in [6.45, 7) is 2.02. The second kappa shape index (κ2) is 4.13. The molecule has 2 rings (SSSR count). The molecule has 1 fully saturated rings. The molecule has 1 aromatic heterocycles. The van der Waals surface area contributed by atoms with Crippen LogP contribution in [0.1, 0.15) is 44.3 Å². The van der Waals surface area contributed by atoms with Crippen molar-refractivity contribution in [2.45, 2.75) is 51.1 Å². The predicted molar refractivity (Wildman–Crippen MR) is 57.1 cm³/mol. The Bertz CT molecular complexity index is 284. The van der Waals surface area contributed by atoms with Crippen molar-refractivity contribution in [3.63, 3.8) is 0 Å². The van der Waals surface area contributed by atoms with Gasteiger partial charge in [-0.05, 0) is 19.8 Å². The summed E-state index contributed by atoms with van der Waals surface area (Å²) in [4.78, 5) is 4.38. The number of hydrogen-bond donors (Lipinski definition) is 1. The molecule has 0 radical (unpaired) electrons. The van der Waals surface area contributed by atoms with Crippen LogP contribution in [0.25, 0.3) is 0 Å². The van der Waals surface area contributed by atoms with Crippen LogP contribution in [0, 0.1) is 0 Å². The molecule has 1 saturated carbocycles. The van der Waals surface area contributed by atoms with Crippen LogP contribution in [0.4, 0.5) is 0 Å². The summed E-state index contributed by atoms with van der Waals surface area (Å²) in [6.07, 6.45) is 10.4. The fraction of sp³-hybridized carbons (Fsp3) is 0.727. The highest BCUT2D eigenvalue weighted by Crippen LogP contribution is 2.29. The maximum absolute atomic E-state index is 5.74. The van der Waals surface area contributed by atoms with E-state index in [1.54, 1.807) is 0 Å². The summed E-state index contributed by atoms with van der Waals surface area (Å²) in [7, 11) is 0. The highest BCUT2D eigenvalue weighted by Gasteiger charge is 2.16. The molecular weight excluding hydrogens is 174 g/mol. The van der Waals surface area contributed by atoms with Gasteiger partial charge in [0.25, 0.3) is 0 Å². The highest BCUT2D eigenvalue weighted by atomic mass is 15.1. The minimum Gasteiger partial charge on any atom is -0.334 e. The number of nitrogens with two attached hydrogens (primary N) is 1. The standard InChI is InChI=1S/C11H19N3/c1-9(12)6-10-7-14(8-13-10)11-4-2-3-5-11/h7-9,11H,2-6,12H2,1H3. The summed E-state index contributed by atoms with van der Waals surface area (Å²) in [5, 5.41) is 0. The van der Waals surface area contributed by atoms with Gasteiger partial charge in [0.15, 0.2) is 0 Å². The van der Waals surface area contributed by atoms with E-state index in [1.807, 2.05) is 13.3 Å². The van der Waals surface area contributed by atoms with Crippen molar-refractivity contribution in [1.29, 1.82) is 0 Å². The lowest BCUT2D eigenvalue weighted by Gasteiger charge is -2.09. The molecule has 78 valence electrons. The Morgan fingerprint density at radius 2 is 2.29 bits per heavy atom. The summed E-state index contributed by atoms with van der Waals surface area (Å²) in [5.74, 6) is 0. The molecule has 0 spiro atoms. The largest absolute Gasteiger partial charge is 0.334 e. The maximum atomic E-state index is 5.74. The molecule has 1 aromatic rings. The summed E-state index contributed by atoms with van der Waals surface area (Å²) in [6, 6.07) is 0.909. The first kappa shape index (κ1) is 9.71. The molecule has 2 N–H and O–H groups in total. The Morgan fingerprint density at radius 1 is 1.57 bits per heavy atom. The van der Waals surface area contributed by atoms with E-state index in [0.29, 0.717) is 6.04 Å². The van der Waals surface area contributed by atoms with Crippen LogP contribution in [-0.4, -0.2) is 15.6 Å². The Hall–Kier alpha value is -0.830. The van der Waals surface area contributed by atoms with Crippen molar-refractivity contribution in [3.8, 4) is 0 Å². The van der Waals surface area contributed by atoms with Crippen LogP contribution in [0.2, 0.25) is 0 Å². The number of nitrogens with zero attached hydrogens (tertiary/aromatic N) is 2. The van der Waals surface area contributed by atoms with Crippen molar-refractivity contribution in [2.24, 2.45) is 5.73 Å². The van der Waals surface area contributed by atoms with Gasteiger partial charge < -0.3 is 10.3 Å². The van der Waals surface area contributed by atoms with E-state index in [2.05, 4.69) is 15.7 Å². The third kappa shape index (κ3) is 2.15. The van der Waals surface area contributed by atoms with Crippen LogP contribution in [0.5, 0.6) is 0 Å². The summed E-state index contributed by atoms with van der Waals surface area (Å²) < 4.78 is 2.27. The molecular formula is C11H19N3. The summed E-state index contributed by atoms with van der Waals surface area (Å²) in [5.41, 5.74) is 6.87. The maximum Gasteiger partial charge on any atom is 0.0951 e. The molecule has 1 aliphatic carbocycles. The second-order valence-corrected chi connectivity index (χ2v) is 4.43.